The van der Waals surface area contributed by atoms with Gasteiger partial charge in [0, 0.05) is 39.4 Å². The first-order chi connectivity index (χ1) is 10.6. The summed E-state index contributed by atoms with van der Waals surface area (Å²) in [7, 11) is 4.00. The summed E-state index contributed by atoms with van der Waals surface area (Å²) in [5.74, 6) is 0.960. The number of pyridine rings is 1. The molecule has 6 nitrogen and oxygen atoms in total. The van der Waals surface area contributed by atoms with Crippen molar-refractivity contribution in [1.82, 2.24) is 19.9 Å². The molecule has 0 amide bonds. The van der Waals surface area contributed by atoms with Crippen LogP contribution in [-0.2, 0) is 11.3 Å². The summed E-state index contributed by atoms with van der Waals surface area (Å²) < 4.78 is 5.93. The van der Waals surface area contributed by atoms with Crippen LogP contribution in [0.2, 0.25) is 0 Å². The monoisotopic (exact) mass is 301 g/mol. The van der Waals surface area contributed by atoms with Gasteiger partial charge in [-0.15, -0.1) is 0 Å². The van der Waals surface area contributed by atoms with Crippen LogP contribution in [0.3, 0.4) is 0 Å². The van der Waals surface area contributed by atoms with Gasteiger partial charge in [-0.25, -0.2) is 9.97 Å². The van der Waals surface area contributed by atoms with E-state index >= 15 is 0 Å². The highest BCUT2D eigenvalue weighted by atomic mass is 16.5. The quantitative estimate of drug-likeness (QED) is 0.932. The molecular weight excluding hydrogens is 278 g/mol. The van der Waals surface area contributed by atoms with E-state index in [1.54, 1.807) is 6.33 Å². The molecule has 1 atom stereocenters. The highest BCUT2D eigenvalue weighted by molar-refractivity contribution is 5.37. The van der Waals surface area contributed by atoms with Crippen LogP contribution in [0, 0.1) is 6.92 Å². The molecule has 1 fully saturated rings. The van der Waals surface area contributed by atoms with Crippen LogP contribution in [0.25, 0.3) is 0 Å². The highest BCUT2D eigenvalue weighted by Gasteiger charge is 2.24. The van der Waals surface area contributed by atoms with E-state index in [0.29, 0.717) is 0 Å². The molecule has 2 aromatic rings. The van der Waals surface area contributed by atoms with E-state index in [2.05, 4.69) is 21.8 Å². The van der Waals surface area contributed by atoms with E-state index in [9.17, 15) is 0 Å². The molecule has 0 spiro atoms. The van der Waals surface area contributed by atoms with E-state index in [1.807, 2.05) is 37.2 Å². The fourth-order valence-corrected chi connectivity index (χ4v) is 2.65. The number of nitrogens with zero attached hydrogens (tertiary/aromatic N) is 4. The Hall–Kier alpha value is -1.92. The Morgan fingerprint density at radius 1 is 1.41 bits per heavy atom. The largest absolute Gasteiger partial charge is 0.369 e. The lowest BCUT2D eigenvalue weighted by molar-refractivity contribution is -0.0353. The first-order valence-corrected chi connectivity index (χ1v) is 7.60. The number of aromatic amines is 1. The third-order valence-electron chi connectivity index (χ3n) is 4.00. The SMILES string of the molecule is Cc1[nH]cnc1CN1CCO[C@@H](c2cccc(N(C)C)n2)C1. The molecular formula is C16H23N5O. The van der Waals surface area contributed by atoms with Gasteiger partial charge in [-0.05, 0) is 19.1 Å². The molecule has 6 heteroatoms. The fourth-order valence-electron chi connectivity index (χ4n) is 2.65. The van der Waals surface area contributed by atoms with E-state index in [0.717, 1.165) is 49.1 Å². The molecule has 1 saturated heterocycles. The molecule has 22 heavy (non-hydrogen) atoms. The highest BCUT2D eigenvalue weighted by Crippen LogP contribution is 2.23. The third-order valence-corrected chi connectivity index (χ3v) is 4.00. The van der Waals surface area contributed by atoms with Crippen molar-refractivity contribution >= 4 is 5.82 Å². The molecule has 3 heterocycles. The second kappa shape index (κ2) is 6.46. The predicted molar refractivity (Wildman–Crippen MR) is 85.9 cm³/mol. The average Bonchev–Trinajstić information content (AvgIpc) is 2.93. The Morgan fingerprint density at radius 2 is 2.27 bits per heavy atom. The van der Waals surface area contributed by atoms with E-state index in [4.69, 9.17) is 9.72 Å². The minimum absolute atomic E-state index is 0.0212. The Kier molecular flexibility index (Phi) is 4.40. The van der Waals surface area contributed by atoms with Crippen molar-refractivity contribution in [2.45, 2.75) is 19.6 Å². The summed E-state index contributed by atoms with van der Waals surface area (Å²) in [6, 6.07) is 6.09. The number of aromatic nitrogens is 3. The molecule has 0 aliphatic carbocycles. The number of hydrogen-bond acceptors (Lipinski definition) is 5. The number of hydrogen-bond donors (Lipinski definition) is 1. The number of ether oxygens (including phenoxy) is 1. The molecule has 0 radical (unpaired) electrons. The number of imidazole rings is 1. The molecule has 118 valence electrons. The molecule has 2 aromatic heterocycles. The van der Waals surface area contributed by atoms with Gasteiger partial charge in [-0.3, -0.25) is 4.90 Å². The topological polar surface area (TPSA) is 57.3 Å². The normalized spacial score (nSPS) is 19.3. The van der Waals surface area contributed by atoms with Crippen molar-refractivity contribution in [1.29, 1.82) is 0 Å². The van der Waals surface area contributed by atoms with Gasteiger partial charge in [0.25, 0.3) is 0 Å². The Labute approximate surface area is 131 Å². The lowest BCUT2D eigenvalue weighted by Gasteiger charge is -2.32. The van der Waals surface area contributed by atoms with E-state index < -0.39 is 0 Å². The minimum Gasteiger partial charge on any atom is -0.369 e. The zero-order chi connectivity index (χ0) is 15.5. The van der Waals surface area contributed by atoms with Crippen molar-refractivity contribution < 1.29 is 4.74 Å². The molecule has 1 aliphatic heterocycles. The average molecular weight is 301 g/mol. The smallest absolute Gasteiger partial charge is 0.128 e. The lowest BCUT2D eigenvalue weighted by Crippen LogP contribution is -2.38. The van der Waals surface area contributed by atoms with Gasteiger partial charge in [0.2, 0.25) is 0 Å². The molecule has 0 saturated carbocycles. The molecule has 0 bridgehead atoms. The standard InChI is InChI=1S/C16H23N5O/c1-12-14(18-11-17-12)9-21-7-8-22-15(10-21)13-5-4-6-16(19-13)20(2)3/h4-6,11,15H,7-10H2,1-3H3,(H,17,18)/t15-/m1/s1. The number of nitrogens with one attached hydrogen (secondary N) is 1. The Bertz CT molecular complexity index is 625. The maximum Gasteiger partial charge on any atom is 0.128 e. The van der Waals surface area contributed by atoms with Gasteiger partial charge in [0.1, 0.15) is 11.9 Å². The summed E-state index contributed by atoms with van der Waals surface area (Å²) in [5.41, 5.74) is 3.24. The zero-order valence-electron chi connectivity index (χ0n) is 13.4. The van der Waals surface area contributed by atoms with Crippen LogP contribution >= 0.6 is 0 Å². The van der Waals surface area contributed by atoms with Crippen LogP contribution < -0.4 is 4.90 Å². The number of morpholine rings is 1. The second-order valence-electron chi connectivity index (χ2n) is 5.88. The first kappa shape index (κ1) is 15.0. The summed E-state index contributed by atoms with van der Waals surface area (Å²) in [4.78, 5) is 16.6. The third kappa shape index (κ3) is 3.28. The molecule has 3 rings (SSSR count). The number of rotatable bonds is 4. The van der Waals surface area contributed by atoms with Gasteiger partial charge < -0.3 is 14.6 Å². The summed E-state index contributed by atoms with van der Waals surface area (Å²) in [6.07, 6.45) is 1.78. The summed E-state index contributed by atoms with van der Waals surface area (Å²) in [6.45, 7) is 5.40. The predicted octanol–water partition coefficient (Wildman–Crippen LogP) is 1.75. The zero-order valence-corrected chi connectivity index (χ0v) is 13.4. The molecule has 0 aromatic carbocycles. The van der Waals surface area contributed by atoms with Crippen LogP contribution in [0.4, 0.5) is 5.82 Å². The van der Waals surface area contributed by atoms with Gasteiger partial charge in [0.05, 0.1) is 24.3 Å². The fraction of sp³-hybridized carbons (Fsp3) is 0.500. The van der Waals surface area contributed by atoms with Gasteiger partial charge in [-0.1, -0.05) is 6.07 Å². The van der Waals surface area contributed by atoms with E-state index in [1.165, 1.54) is 0 Å². The van der Waals surface area contributed by atoms with Crippen LogP contribution in [0.5, 0.6) is 0 Å². The minimum atomic E-state index is 0.0212. The molecule has 0 unspecified atom stereocenters. The van der Waals surface area contributed by atoms with Gasteiger partial charge in [-0.2, -0.15) is 0 Å². The molecule has 1 aliphatic rings. The lowest BCUT2D eigenvalue weighted by atomic mass is 10.1. The second-order valence-corrected chi connectivity index (χ2v) is 5.88. The van der Waals surface area contributed by atoms with Crippen LogP contribution in [-0.4, -0.2) is 53.6 Å². The summed E-state index contributed by atoms with van der Waals surface area (Å²) in [5, 5.41) is 0. The summed E-state index contributed by atoms with van der Waals surface area (Å²) >= 11 is 0. The van der Waals surface area contributed by atoms with Crippen LogP contribution in [0.1, 0.15) is 23.2 Å². The molecule has 1 N–H and O–H groups in total. The van der Waals surface area contributed by atoms with Gasteiger partial charge >= 0.3 is 0 Å². The van der Waals surface area contributed by atoms with Crippen molar-refractivity contribution in [3.8, 4) is 0 Å². The van der Waals surface area contributed by atoms with Crippen molar-refractivity contribution in [3.05, 3.63) is 41.6 Å². The maximum atomic E-state index is 5.93. The number of aryl methyl sites for hydroxylation is 1. The van der Waals surface area contributed by atoms with Crippen molar-refractivity contribution in [2.24, 2.45) is 0 Å². The van der Waals surface area contributed by atoms with Crippen molar-refractivity contribution in [2.75, 3.05) is 38.7 Å². The van der Waals surface area contributed by atoms with Crippen molar-refractivity contribution in [3.63, 3.8) is 0 Å². The maximum absolute atomic E-state index is 5.93. The van der Waals surface area contributed by atoms with E-state index in [-0.39, 0.29) is 6.10 Å². The van der Waals surface area contributed by atoms with Gasteiger partial charge in [0.15, 0.2) is 0 Å². The Balaban J connectivity index is 1.70. The number of H-pyrrole nitrogens is 1. The first-order valence-electron chi connectivity index (χ1n) is 7.60. The Morgan fingerprint density at radius 3 is 3.00 bits per heavy atom. The van der Waals surface area contributed by atoms with Crippen LogP contribution in [0.15, 0.2) is 24.5 Å². The number of anilines is 1.